The fourth-order valence-electron chi connectivity index (χ4n) is 8.94. The maximum atomic E-state index is 13.5. The Bertz CT molecular complexity index is 795. The Labute approximate surface area is 217 Å². The monoisotopic (exact) mass is 502 g/mol. The van der Waals surface area contributed by atoms with E-state index in [2.05, 4.69) is 73.8 Å². The molecule has 35 heavy (non-hydrogen) atoms. The van der Waals surface area contributed by atoms with E-state index in [9.17, 15) is 4.79 Å². The second-order valence-electron chi connectivity index (χ2n) is 13.9. The molecule has 6 atom stereocenters. The zero-order chi connectivity index (χ0) is 26.3. The maximum Gasteiger partial charge on any atom is 0.163 e. The molecule has 0 aromatic heterocycles. The highest BCUT2D eigenvalue weighted by atomic mass is 28.3. The van der Waals surface area contributed by atoms with Crippen molar-refractivity contribution >= 4 is 13.9 Å². The van der Waals surface area contributed by atoms with Crippen molar-refractivity contribution in [2.45, 2.75) is 149 Å². The summed E-state index contributed by atoms with van der Waals surface area (Å²) in [5, 5.41) is 0. The molecule has 1 aliphatic heterocycles. The Hall–Kier alpha value is -0.633. The first-order valence-electron chi connectivity index (χ1n) is 14.6. The molecule has 0 unspecified atom stereocenters. The van der Waals surface area contributed by atoms with E-state index in [1.54, 1.807) is 0 Å². The summed E-state index contributed by atoms with van der Waals surface area (Å²) in [4.78, 5) is 13.5. The fourth-order valence-corrected chi connectivity index (χ4v) is 14.2. The van der Waals surface area contributed by atoms with Crippen molar-refractivity contribution in [3.63, 3.8) is 0 Å². The molecule has 2 saturated carbocycles. The minimum Gasteiger partial charge on any atom is -0.344 e. The molecule has 2 aliphatic carbocycles. The molecule has 3 fully saturated rings. The number of fused-ring (bicyclic) bond motifs is 3. The van der Waals surface area contributed by atoms with Crippen LogP contribution in [0.25, 0.3) is 0 Å². The van der Waals surface area contributed by atoms with Gasteiger partial charge in [-0.3, -0.25) is 4.79 Å². The number of Topliss-reactive ketones (excluding diaryl/α,β-unsaturated/α-hetero) is 1. The maximum absolute atomic E-state index is 13.5. The Morgan fingerprint density at radius 3 is 2.06 bits per heavy atom. The lowest BCUT2D eigenvalue weighted by Crippen LogP contribution is -2.43. The van der Waals surface area contributed by atoms with Crippen LogP contribution in [-0.2, 0) is 14.3 Å². The molecule has 4 heteroatoms. The van der Waals surface area contributed by atoms with Crippen LogP contribution in [0.15, 0.2) is 0 Å². The first-order valence-corrected chi connectivity index (χ1v) is 16.8. The minimum atomic E-state index is -1.69. The van der Waals surface area contributed by atoms with Crippen molar-refractivity contribution in [1.82, 2.24) is 0 Å². The minimum absolute atomic E-state index is 0.0309. The van der Waals surface area contributed by atoms with Crippen molar-refractivity contribution < 1.29 is 14.3 Å². The van der Waals surface area contributed by atoms with Crippen LogP contribution >= 0.6 is 0 Å². The molecular formula is C31H54O3Si. The van der Waals surface area contributed by atoms with Crippen molar-refractivity contribution in [2.24, 2.45) is 29.1 Å². The van der Waals surface area contributed by atoms with Gasteiger partial charge in [-0.15, -0.1) is 11.5 Å². The zero-order valence-corrected chi connectivity index (χ0v) is 25.7. The molecule has 0 radical (unpaired) electrons. The third-order valence-corrected chi connectivity index (χ3v) is 16.4. The molecule has 200 valence electrons. The summed E-state index contributed by atoms with van der Waals surface area (Å²) >= 11 is 0. The van der Waals surface area contributed by atoms with Crippen LogP contribution in [0.2, 0.25) is 16.6 Å². The lowest BCUT2D eigenvalue weighted by atomic mass is 9.63. The Morgan fingerprint density at radius 1 is 0.943 bits per heavy atom. The summed E-state index contributed by atoms with van der Waals surface area (Å²) in [6, 6.07) is 0. The molecule has 3 aliphatic rings. The van der Waals surface area contributed by atoms with E-state index in [1.165, 1.54) is 0 Å². The van der Waals surface area contributed by atoms with Gasteiger partial charge < -0.3 is 9.47 Å². The van der Waals surface area contributed by atoms with Gasteiger partial charge in [-0.25, -0.2) is 0 Å². The van der Waals surface area contributed by atoms with Gasteiger partial charge in [0.15, 0.2) is 5.79 Å². The molecule has 0 amide bonds. The van der Waals surface area contributed by atoms with Crippen LogP contribution < -0.4 is 0 Å². The van der Waals surface area contributed by atoms with Gasteiger partial charge in [0.25, 0.3) is 0 Å². The number of carbonyl (C=O) groups is 1. The number of hydrogen-bond acceptors (Lipinski definition) is 3. The van der Waals surface area contributed by atoms with Gasteiger partial charge in [0.2, 0.25) is 0 Å². The molecule has 1 heterocycles. The quantitative estimate of drug-likeness (QED) is 0.200. The standard InChI is InChI=1S/C31H54O3Si/c1-20(2)26-28-29(34-30(9,10)33-28)27-24(25(32)17-15-18-31(26,27)11)16-13-12-14-19-35(21(3)4,22(5)6)23(7)8/h20-24,26-29H,12-13,15-18H2,1-11H3/t24-,26-,27-,28-,29+,31+/m0/s1. The van der Waals surface area contributed by atoms with Gasteiger partial charge in [0.05, 0.1) is 12.2 Å². The summed E-state index contributed by atoms with van der Waals surface area (Å²) in [6.07, 6.45) is 5.80. The third-order valence-electron chi connectivity index (χ3n) is 10.1. The van der Waals surface area contributed by atoms with E-state index in [4.69, 9.17) is 9.47 Å². The van der Waals surface area contributed by atoms with Crippen molar-refractivity contribution in [1.29, 1.82) is 0 Å². The summed E-state index contributed by atoms with van der Waals surface area (Å²) in [5.41, 5.74) is 5.94. The van der Waals surface area contributed by atoms with Gasteiger partial charge in [-0.2, -0.15) is 0 Å². The van der Waals surface area contributed by atoms with Crippen molar-refractivity contribution in [3.8, 4) is 11.5 Å². The van der Waals surface area contributed by atoms with Gasteiger partial charge in [-0.1, -0.05) is 62.3 Å². The Balaban J connectivity index is 1.82. The van der Waals surface area contributed by atoms with Gasteiger partial charge in [-0.05, 0) is 73.4 Å². The van der Waals surface area contributed by atoms with Crippen LogP contribution in [0.5, 0.6) is 0 Å². The number of rotatable bonds is 7. The second kappa shape index (κ2) is 10.6. The predicted molar refractivity (Wildman–Crippen MR) is 149 cm³/mol. The number of unbranched alkanes of at least 4 members (excludes halogenated alkanes) is 1. The number of ketones is 1. The summed E-state index contributed by atoms with van der Waals surface area (Å²) in [5.74, 6) is 4.80. The smallest absolute Gasteiger partial charge is 0.163 e. The van der Waals surface area contributed by atoms with Gasteiger partial charge >= 0.3 is 0 Å². The van der Waals surface area contributed by atoms with Crippen LogP contribution in [0.3, 0.4) is 0 Å². The summed E-state index contributed by atoms with van der Waals surface area (Å²) in [7, 11) is -1.69. The van der Waals surface area contributed by atoms with E-state index in [1.807, 2.05) is 13.8 Å². The molecule has 3 nitrogen and oxygen atoms in total. The van der Waals surface area contributed by atoms with Crippen LogP contribution in [0, 0.1) is 40.6 Å². The van der Waals surface area contributed by atoms with Gasteiger partial charge in [0.1, 0.15) is 13.9 Å². The van der Waals surface area contributed by atoms with E-state index in [0.29, 0.717) is 34.2 Å². The third kappa shape index (κ3) is 5.21. The van der Waals surface area contributed by atoms with Crippen molar-refractivity contribution in [3.05, 3.63) is 0 Å². The molecule has 3 rings (SSSR count). The number of ether oxygens (including phenoxy) is 2. The lowest BCUT2D eigenvalue weighted by molar-refractivity contribution is -0.183. The van der Waals surface area contributed by atoms with E-state index < -0.39 is 13.9 Å². The summed E-state index contributed by atoms with van der Waals surface area (Å²) in [6.45, 7) is 25.4. The number of carbonyl (C=O) groups excluding carboxylic acids is 1. The SMILES string of the molecule is CC(C)[C@H]1[C@@H]2OC(C)(C)O[C@@H]2[C@@H]2[C@@H](CCCC#C[Si](C(C)C)(C(C)C)C(C)C)C(=O)CCC[C@@]21C. The van der Waals surface area contributed by atoms with Crippen LogP contribution in [-0.4, -0.2) is 31.9 Å². The Kier molecular flexibility index (Phi) is 8.78. The van der Waals surface area contributed by atoms with Crippen molar-refractivity contribution in [2.75, 3.05) is 0 Å². The average molecular weight is 503 g/mol. The van der Waals surface area contributed by atoms with E-state index >= 15 is 0 Å². The van der Waals surface area contributed by atoms with E-state index in [0.717, 1.165) is 38.5 Å². The fraction of sp³-hybridized carbons (Fsp3) is 0.903. The van der Waals surface area contributed by atoms with Crippen LogP contribution in [0.4, 0.5) is 0 Å². The highest BCUT2D eigenvalue weighted by Gasteiger charge is 2.66. The zero-order valence-electron chi connectivity index (χ0n) is 24.7. The first kappa shape index (κ1) is 28.9. The molecule has 0 spiro atoms. The molecule has 1 saturated heterocycles. The number of hydrogen-bond donors (Lipinski definition) is 0. The highest BCUT2D eigenvalue weighted by molar-refractivity contribution is 6.90. The highest BCUT2D eigenvalue weighted by Crippen LogP contribution is 2.63. The summed E-state index contributed by atoms with van der Waals surface area (Å²) < 4.78 is 13.1. The average Bonchev–Trinajstić information content (AvgIpc) is 3.07. The molecule has 0 aromatic carbocycles. The normalized spacial score (nSPS) is 34.8. The van der Waals surface area contributed by atoms with Gasteiger partial charge in [0, 0.05) is 24.7 Å². The van der Waals surface area contributed by atoms with E-state index in [-0.39, 0.29) is 29.5 Å². The molecule has 0 N–H and O–H groups in total. The molecule has 0 bridgehead atoms. The second-order valence-corrected chi connectivity index (χ2v) is 19.5. The molecular weight excluding hydrogens is 448 g/mol. The topological polar surface area (TPSA) is 35.5 Å². The van der Waals surface area contributed by atoms with Crippen LogP contribution in [0.1, 0.15) is 115 Å². The molecule has 0 aromatic rings. The Morgan fingerprint density at radius 2 is 1.51 bits per heavy atom. The first-order chi connectivity index (χ1) is 16.2. The predicted octanol–water partition coefficient (Wildman–Crippen LogP) is 8.18. The lowest BCUT2D eigenvalue weighted by Gasteiger charge is -2.43. The largest absolute Gasteiger partial charge is 0.344 e.